The van der Waals surface area contributed by atoms with Gasteiger partial charge < -0.3 is 4.90 Å². The molecule has 2 aliphatic rings. The van der Waals surface area contributed by atoms with Gasteiger partial charge in [0.2, 0.25) is 0 Å². The third-order valence-corrected chi connectivity index (χ3v) is 11.9. The first-order valence-corrected chi connectivity index (χ1v) is 18.9. The number of benzene rings is 9. The summed E-state index contributed by atoms with van der Waals surface area (Å²) in [5, 5.41) is 5.14. The minimum Gasteiger partial charge on any atom is -0.309 e. The van der Waals surface area contributed by atoms with E-state index in [1.54, 1.807) is 0 Å². The van der Waals surface area contributed by atoms with Gasteiger partial charge in [0.05, 0.1) is 11.4 Å². The van der Waals surface area contributed by atoms with Crippen molar-refractivity contribution >= 4 is 38.6 Å². The summed E-state index contributed by atoms with van der Waals surface area (Å²) in [4.78, 5) is 2.49. The predicted molar refractivity (Wildman–Crippen MR) is 229 cm³/mol. The summed E-state index contributed by atoms with van der Waals surface area (Å²) in [6.07, 6.45) is 0. The Labute approximate surface area is 316 Å². The maximum atomic E-state index is 2.49. The lowest BCUT2D eigenvalue weighted by Gasteiger charge is -2.33. The topological polar surface area (TPSA) is 3.24 Å². The predicted octanol–water partition coefficient (Wildman–Crippen LogP) is 14.8. The Morgan fingerprint density at radius 2 is 0.870 bits per heavy atom. The van der Waals surface area contributed by atoms with Gasteiger partial charge in [-0.15, -0.1) is 0 Å². The number of para-hydroxylation sites is 2. The molecule has 9 aromatic rings. The Morgan fingerprint density at radius 1 is 0.333 bits per heavy atom. The second-order valence-electron chi connectivity index (χ2n) is 15.3. The minimum atomic E-state index is -0.125. The number of rotatable bonds is 3. The molecule has 0 saturated heterocycles. The second kappa shape index (κ2) is 11.7. The molecule has 254 valence electrons. The zero-order valence-corrected chi connectivity index (χ0v) is 30.3. The van der Waals surface area contributed by atoms with Crippen molar-refractivity contribution in [3.8, 4) is 55.6 Å². The number of hydrogen-bond donors (Lipinski definition) is 0. The first kappa shape index (κ1) is 30.9. The van der Waals surface area contributed by atoms with Gasteiger partial charge in [0.15, 0.2) is 0 Å². The van der Waals surface area contributed by atoms with Gasteiger partial charge in [-0.05, 0) is 126 Å². The van der Waals surface area contributed by atoms with Crippen LogP contribution in [0.2, 0.25) is 0 Å². The zero-order valence-electron chi connectivity index (χ0n) is 30.3. The van der Waals surface area contributed by atoms with E-state index in [1.165, 1.54) is 99.7 Å². The van der Waals surface area contributed by atoms with E-state index in [1.807, 2.05) is 0 Å². The smallest absolute Gasteiger partial charge is 0.0540 e. The molecule has 0 atom stereocenters. The lowest BCUT2D eigenvalue weighted by Crippen LogP contribution is -2.15. The molecule has 54 heavy (non-hydrogen) atoms. The van der Waals surface area contributed by atoms with Crippen LogP contribution in [0.3, 0.4) is 0 Å². The first-order chi connectivity index (χ1) is 26.5. The number of anilines is 3. The van der Waals surface area contributed by atoms with Gasteiger partial charge in [0, 0.05) is 22.2 Å². The van der Waals surface area contributed by atoms with Crippen LogP contribution in [-0.4, -0.2) is 0 Å². The Balaban J connectivity index is 1.16. The van der Waals surface area contributed by atoms with Crippen LogP contribution in [-0.2, 0) is 5.41 Å². The summed E-state index contributed by atoms with van der Waals surface area (Å²) < 4.78 is 0. The fraction of sp³-hybridized carbons (Fsp3) is 0.0566. The summed E-state index contributed by atoms with van der Waals surface area (Å²) in [5.41, 5.74) is 18.6. The van der Waals surface area contributed by atoms with E-state index in [0.29, 0.717) is 0 Å². The van der Waals surface area contributed by atoms with Crippen molar-refractivity contribution in [2.45, 2.75) is 19.3 Å². The Hall–Kier alpha value is -6.70. The zero-order chi connectivity index (χ0) is 36.0. The van der Waals surface area contributed by atoms with E-state index in [-0.39, 0.29) is 5.41 Å². The molecule has 1 heteroatoms. The van der Waals surface area contributed by atoms with E-state index in [2.05, 4.69) is 207 Å². The average molecular weight is 688 g/mol. The standard InChI is InChI=1S/C53H37N/c1-53(2)48-33-38(26-27-42(48)47-31-36-16-6-7-17-37(36)32-49(47)53)40-28-39(34-14-4-3-5-15-34)29-41(30-40)54-50-24-10-8-20-43(50)45-22-12-18-35-19-13-23-46(52(35)45)44-21-9-11-25-51(44)54/h3-33H,1-2H3. The fourth-order valence-electron chi connectivity index (χ4n) is 9.30. The van der Waals surface area contributed by atoms with Crippen LogP contribution in [0.4, 0.5) is 17.1 Å². The fourth-order valence-corrected chi connectivity index (χ4v) is 9.30. The molecule has 0 saturated carbocycles. The van der Waals surface area contributed by atoms with Crippen LogP contribution in [0.15, 0.2) is 188 Å². The van der Waals surface area contributed by atoms with E-state index in [9.17, 15) is 0 Å². The van der Waals surface area contributed by atoms with Crippen LogP contribution in [0, 0.1) is 0 Å². The maximum absolute atomic E-state index is 2.49. The van der Waals surface area contributed by atoms with E-state index in [4.69, 9.17) is 0 Å². The molecule has 0 fully saturated rings. The lowest BCUT2D eigenvalue weighted by molar-refractivity contribution is 0.661. The van der Waals surface area contributed by atoms with Crippen LogP contribution in [0.5, 0.6) is 0 Å². The van der Waals surface area contributed by atoms with Crippen LogP contribution >= 0.6 is 0 Å². The van der Waals surface area contributed by atoms with E-state index in [0.717, 1.165) is 5.69 Å². The van der Waals surface area contributed by atoms with Crippen molar-refractivity contribution in [3.63, 3.8) is 0 Å². The average Bonchev–Trinajstić information content (AvgIpc) is 3.44. The highest BCUT2D eigenvalue weighted by atomic mass is 15.1. The van der Waals surface area contributed by atoms with Crippen LogP contribution in [0.25, 0.3) is 77.2 Å². The molecule has 0 amide bonds. The molecule has 0 spiro atoms. The van der Waals surface area contributed by atoms with Crippen molar-refractivity contribution < 1.29 is 0 Å². The van der Waals surface area contributed by atoms with Crippen LogP contribution in [0.1, 0.15) is 25.0 Å². The van der Waals surface area contributed by atoms with Gasteiger partial charge in [0.1, 0.15) is 0 Å². The maximum Gasteiger partial charge on any atom is 0.0540 e. The Morgan fingerprint density at radius 3 is 1.56 bits per heavy atom. The number of fused-ring (bicyclic) bond motifs is 8. The molecular formula is C53H37N. The number of nitrogens with zero attached hydrogens (tertiary/aromatic N) is 1. The van der Waals surface area contributed by atoms with Crippen molar-refractivity contribution in [1.29, 1.82) is 0 Å². The molecule has 11 rings (SSSR count). The first-order valence-electron chi connectivity index (χ1n) is 18.9. The van der Waals surface area contributed by atoms with Crippen LogP contribution < -0.4 is 4.90 Å². The highest BCUT2D eigenvalue weighted by Crippen LogP contribution is 2.53. The van der Waals surface area contributed by atoms with Gasteiger partial charge in [0.25, 0.3) is 0 Å². The van der Waals surface area contributed by atoms with Gasteiger partial charge in [-0.2, -0.15) is 0 Å². The third kappa shape index (κ3) is 4.58. The molecule has 1 aliphatic carbocycles. The second-order valence-corrected chi connectivity index (χ2v) is 15.3. The van der Waals surface area contributed by atoms with Gasteiger partial charge in [-0.25, -0.2) is 0 Å². The van der Waals surface area contributed by atoms with E-state index < -0.39 is 0 Å². The number of hydrogen-bond acceptors (Lipinski definition) is 1. The quantitative estimate of drug-likeness (QED) is 0.179. The van der Waals surface area contributed by atoms with Crippen molar-refractivity contribution in [3.05, 3.63) is 199 Å². The molecule has 9 aromatic carbocycles. The van der Waals surface area contributed by atoms with E-state index >= 15 is 0 Å². The molecule has 1 aliphatic heterocycles. The Bertz CT molecular complexity index is 2890. The molecular weight excluding hydrogens is 651 g/mol. The third-order valence-electron chi connectivity index (χ3n) is 11.9. The molecule has 1 nitrogen and oxygen atoms in total. The lowest BCUT2D eigenvalue weighted by atomic mass is 9.81. The van der Waals surface area contributed by atoms with Gasteiger partial charge >= 0.3 is 0 Å². The molecule has 0 N–H and O–H groups in total. The highest BCUT2D eigenvalue weighted by Gasteiger charge is 2.36. The van der Waals surface area contributed by atoms with Crippen molar-refractivity contribution in [1.82, 2.24) is 0 Å². The summed E-state index contributed by atoms with van der Waals surface area (Å²) in [6.45, 7) is 4.77. The summed E-state index contributed by atoms with van der Waals surface area (Å²) in [7, 11) is 0. The van der Waals surface area contributed by atoms with Crippen molar-refractivity contribution in [2.75, 3.05) is 4.90 Å². The normalized spacial score (nSPS) is 13.5. The monoisotopic (exact) mass is 687 g/mol. The summed E-state index contributed by atoms with van der Waals surface area (Å²) >= 11 is 0. The Kier molecular flexibility index (Phi) is 6.66. The summed E-state index contributed by atoms with van der Waals surface area (Å²) in [5.74, 6) is 0. The SMILES string of the molecule is CC1(C)c2cc(-c3cc(-c4ccccc4)cc(N4c5ccccc5-c5cccc6cccc(c56)-c5ccccc54)c3)ccc2-c2cc3ccccc3cc21. The molecule has 0 aromatic heterocycles. The molecule has 0 bridgehead atoms. The minimum absolute atomic E-state index is 0.125. The van der Waals surface area contributed by atoms with Gasteiger partial charge in [-0.3, -0.25) is 0 Å². The summed E-state index contributed by atoms with van der Waals surface area (Å²) in [6, 6.07) is 69.9. The van der Waals surface area contributed by atoms with Gasteiger partial charge in [-0.1, -0.05) is 153 Å². The largest absolute Gasteiger partial charge is 0.309 e. The molecule has 0 unspecified atom stereocenters. The molecule has 1 heterocycles. The highest BCUT2D eigenvalue weighted by molar-refractivity contribution is 6.12. The van der Waals surface area contributed by atoms with Crippen molar-refractivity contribution in [2.24, 2.45) is 0 Å². The molecule has 0 radical (unpaired) electrons.